The number of rotatable bonds is 6. The summed E-state index contributed by atoms with van der Waals surface area (Å²) in [4.78, 5) is 12.0. The van der Waals surface area contributed by atoms with E-state index in [2.05, 4.69) is 10.4 Å². The van der Waals surface area contributed by atoms with Crippen molar-refractivity contribution in [2.75, 3.05) is 5.32 Å². The largest absolute Gasteiger partial charge is 0.469 e. The van der Waals surface area contributed by atoms with Gasteiger partial charge < -0.3 is 9.73 Å². The summed E-state index contributed by atoms with van der Waals surface area (Å²) in [6.45, 7) is 0.684. The highest BCUT2D eigenvalue weighted by Crippen LogP contribution is 2.13. The van der Waals surface area contributed by atoms with Crippen LogP contribution in [0.4, 0.5) is 5.69 Å². The van der Waals surface area contributed by atoms with E-state index < -0.39 is 0 Å². The molecule has 0 atom stereocenters. The summed E-state index contributed by atoms with van der Waals surface area (Å²) in [5.41, 5.74) is 1.89. The van der Waals surface area contributed by atoms with Crippen LogP contribution in [0, 0.1) is 0 Å². The number of hydrogen-bond acceptors (Lipinski definition) is 3. The van der Waals surface area contributed by atoms with E-state index in [1.54, 1.807) is 12.5 Å². The summed E-state index contributed by atoms with van der Waals surface area (Å²) in [5, 5.41) is 7.09. The van der Waals surface area contributed by atoms with Crippen LogP contribution >= 0.6 is 0 Å². The number of nitrogens with one attached hydrogen (secondary N) is 1. The van der Waals surface area contributed by atoms with Gasteiger partial charge in [-0.15, -0.1) is 0 Å². The highest BCUT2D eigenvalue weighted by molar-refractivity contribution is 5.90. The smallest absolute Gasteiger partial charge is 0.224 e. The minimum absolute atomic E-state index is 0.0207. The second-order valence-electron chi connectivity index (χ2n) is 5.03. The summed E-state index contributed by atoms with van der Waals surface area (Å²) in [6.07, 6.45) is 6.28. The number of carbonyl (C=O) groups excluding carboxylic acids is 1. The van der Waals surface area contributed by atoms with Gasteiger partial charge in [0, 0.05) is 30.9 Å². The molecular formula is C17H17N3O2. The lowest BCUT2D eigenvalue weighted by Gasteiger charge is -2.07. The van der Waals surface area contributed by atoms with Crippen LogP contribution in [-0.4, -0.2) is 15.7 Å². The van der Waals surface area contributed by atoms with Crippen molar-refractivity contribution < 1.29 is 9.21 Å². The van der Waals surface area contributed by atoms with Crippen LogP contribution in [0.25, 0.3) is 0 Å². The van der Waals surface area contributed by atoms with Crippen molar-refractivity contribution in [1.29, 1.82) is 0 Å². The fourth-order valence-electron chi connectivity index (χ4n) is 2.24. The molecule has 2 heterocycles. The van der Waals surface area contributed by atoms with Gasteiger partial charge in [0.2, 0.25) is 5.91 Å². The third kappa shape index (κ3) is 3.85. The summed E-state index contributed by atoms with van der Waals surface area (Å²) in [5.74, 6) is 0.801. The fraction of sp³-hybridized carbons (Fsp3) is 0.176. The minimum atomic E-state index is -0.0207. The van der Waals surface area contributed by atoms with Crippen molar-refractivity contribution in [2.24, 2.45) is 0 Å². The second kappa shape index (κ2) is 6.76. The lowest BCUT2D eigenvalue weighted by atomic mass is 10.2. The average Bonchev–Trinajstić information content (AvgIpc) is 3.19. The number of aryl methyl sites for hydroxylation is 1. The van der Waals surface area contributed by atoms with Gasteiger partial charge in [-0.05, 0) is 35.9 Å². The number of amides is 1. The molecule has 0 radical (unpaired) electrons. The zero-order valence-corrected chi connectivity index (χ0v) is 12.1. The van der Waals surface area contributed by atoms with Gasteiger partial charge in [0.05, 0.1) is 12.8 Å². The van der Waals surface area contributed by atoms with Gasteiger partial charge in [0.1, 0.15) is 5.76 Å². The molecule has 1 amide bonds. The Bertz CT molecular complexity index is 718. The van der Waals surface area contributed by atoms with E-state index in [0.29, 0.717) is 19.4 Å². The third-order valence-corrected chi connectivity index (χ3v) is 3.29. The molecule has 112 valence electrons. The Kier molecular flexibility index (Phi) is 4.34. The topological polar surface area (TPSA) is 60.1 Å². The van der Waals surface area contributed by atoms with Crippen LogP contribution in [0.1, 0.15) is 17.7 Å². The zero-order valence-electron chi connectivity index (χ0n) is 12.1. The van der Waals surface area contributed by atoms with Gasteiger partial charge in [-0.3, -0.25) is 9.48 Å². The average molecular weight is 295 g/mol. The molecule has 0 saturated heterocycles. The second-order valence-corrected chi connectivity index (χ2v) is 5.03. The molecule has 0 unspecified atom stereocenters. The van der Waals surface area contributed by atoms with Crippen LogP contribution in [0.5, 0.6) is 0 Å². The van der Waals surface area contributed by atoms with Crippen LogP contribution in [-0.2, 0) is 17.8 Å². The van der Waals surface area contributed by atoms with Gasteiger partial charge in [-0.2, -0.15) is 5.10 Å². The standard InChI is InChI=1S/C17H17N3O2/c21-17(8-7-16-6-2-11-22-16)19-15-5-1-4-14(12-15)13-20-10-3-9-18-20/h1-6,9-12H,7-8,13H2,(H,19,21). The summed E-state index contributed by atoms with van der Waals surface area (Å²) in [7, 11) is 0. The van der Waals surface area contributed by atoms with Crippen molar-refractivity contribution in [2.45, 2.75) is 19.4 Å². The molecule has 0 spiro atoms. The molecule has 5 nitrogen and oxygen atoms in total. The van der Waals surface area contributed by atoms with Gasteiger partial charge in [-0.1, -0.05) is 12.1 Å². The first-order chi connectivity index (χ1) is 10.8. The van der Waals surface area contributed by atoms with Crippen LogP contribution < -0.4 is 5.32 Å². The molecule has 1 aromatic carbocycles. The first-order valence-corrected chi connectivity index (χ1v) is 7.18. The van der Waals surface area contributed by atoms with Crippen molar-refractivity contribution >= 4 is 11.6 Å². The minimum Gasteiger partial charge on any atom is -0.469 e. The van der Waals surface area contributed by atoms with Gasteiger partial charge in [0.25, 0.3) is 0 Å². The fourth-order valence-corrected chi connectivity index (χ4v) is 2.24. The predicted molar refractivity (Wildman–Crippen MR) is 83.4 cm³/mol. The van der Waals surface area contributed by atoms with Gasteiger partial charge in [-0.25, -0.2) is 0 Å². The van der Waals surface area contributed by atoms with Gasteiger partial charge in [0.15, 0.2) is 0 Å². The molecular weight excluding hydrogens is 278 g/mol. The maximum absolute atomic E-state index is 12.0. The summed E-state index contributed by atoms with van der Waals surface area (Å²) < 4.78 is 7.07. The van der Waals surface area contributed by atoms with Crippen LogP contribution in [0.3, 0.4) is 0 Å². The quantitative estimate of drug-likeness (QED) is 0.760. The van der Waals surface area contributed by atoms with Crippen molar-refractivity contribution in [3.63, 3.8) is 0 Å². The highest BCUT2D eigenvalue weighted by Gasteiger charge is 2.05. The van der Waals surface area contributed by atoms with Crippen molar-refractivity contribution in [3.8, 4) is 0 Å². The van der Waals surface area contributed by atoms with Crippen LogP contribution in [0.2, 0.25) is 0 Å². The van der Waals surface area contributed by atoms with E-state index in [1.807, 2.05) is 53.3 Å². The maximum atomic E-state index is 12.0. The number of hydrogen-bond donors (Lipinski definition) is 1. The van der Waals surface area contributed by atoms with E-state index in [-0.39, 0.29) is 5.91 Å². The Morgan fingerprint density at radius 3 is 2.95 bits per heavy atom. The molecule has 0 bridgehead atoms. The lowest BCUT2D eigenvalue weighted by Crippen LogP contribution is -2.12. The van der Waals surface area contributed by atoms with Crippen molar-refractivity contribution in [1.82, 2.24) is 9.78 Å². The zero-order chi connectivity index (χ0) is 15.2. The number of anilines is 1. The molecule has 0 fully saturated rings. The summed E-state index contributed by atoms with van der Waals surface area (Å²) in [6, 6.07) is 13.4. The Morgan fingerprint density at radius 2 is 2.18 bits per heavy atom. The maximum Gasteiger partial charge on any atom is 0.224 e. The molecule has 3 rings (SSSR count). The molecule has 2 aromatic heterocycles. The number of benzene rings is 1. The molecule has 0 aliphatic heterocycles. The van der Waals surface area contributed by atoms with E-state index in [9.17, 15) is 4.79 Å². The molecule has 1 N–H and O–H groups in total. The molecule has 0 aliphatic rings. The van der Waals surface area contributed by atoms with Crippen LogP contribution in [0.15, 0.2) is 65.5 Å². The molecule has 0 saturated carbocycles. The molecule has 0 aliphatic carbocycles. The third-order valence-electron chi connectivity index (χ3n) is 3.29. The monoisotopic (exact) mass is 295 g/mol. The molecule has 22 heavy (non-hydrogen) atoms. The molecule has 5 heteroatoms. The Balaban J connectivity index is 1.56. The Hall–Kier alpha value is -2.82. The van der Waals surface area contributed by atoms with E-state index >= 15 is 0 Å². The van der Waals surface area contributed by atoms with E-state index in [0.717, 1.165) is 17.0 Å². The lowest BCUT2D eigenvalue weighted by molar-refractivity contribution is -0.116. The van der Waals surface area contributed by atoms with E-state index in [4.69, 9.17) is 4.42 Å². The Morgan fingerprint density at radius 1 is 1.23 bits per heavy atom. The Labute approximate surface area is 128 Å². The number of aromatic nitrogens is 2. The first-order valence-electron chi connectivity index (χ1n) is 7.18. The van der Waals surface area contributed by atoms with Gasteiger partial charge >= 0.3 is 0 Å². The highest BCUT2D eigenvalue weighted by atomic mass is 16.3. The van der Waals surface area contributed by atoms with E-state index in [1.165, 1.54) is 0 Å². The first kappa shape index (κ1) is 14.1. The summed E-state index contributed by atoms with van der Waals surface area (Å²) >= 11 is 0. The normalized spacial score (nSPS) is 10.5. The number of furan rings is 1. The number of nitrogens with zero attached hydrogens (tertiary/aromatic N) is 2. The number of carbonyl (C=O) groups is 1. The van der Waals surface area contributed by atoms with Crippen molar-refractivity contribution in [3.05, 3.63) is 72.4 Å². The predicted octanol–water partition coefficient (Wildman–Crippen LogP) is 3.10. The molecule has 3 aromatic rings. The SMILES string of the molecule is O=C(CCc1ccco1)Nc1cccc(Cn2cccn2)c1.